The Kier molecular flexibility index (Phi) is 6.38. The number of hydrogen-bond donors (Lipinski definition) is 1. The first-order valence-electron chi connectivity index (χ1n) is 10.1. The molecule has 3 aromatic rings. The van der Waals surface area contributed by atoms with Gasteiger partial charge in [-0.3, -0.25) is 9.59 Å². The highest BCUT2D eigenvalue weighted by Gasteiger charge is 2.28. The Labute approximate surface area is 189 Å². The molecule has 0 aliphatic carbocycles. The van der Waals surface area contributed by atoms with E-state index in [1.807, 2.05) is 0 Å². The van der Waals surface area contributed by atoms with Crippen LogP contribution >= 0.6 is 22.9 Å². The van der Waals surface area contributed by atoms with Crippen LogP contribution in [0.4, 0.5) is 11.5 Å². The molecule has 1 saturated heterocycles. The van der Waals surface area contributed by atoms with Crippen molar-refractivity contribution in [3.8, 4) is 0 Å². The number of fused-ring (bicyclic) bond motifs is 1. The predicted molar refractivity (Wildman–Crippen MR) is 123 cm³/mol. The van der Waals surface area contributed by atoms with E-state index in [1.54, 1.807) is 41.9 Å². The minimum absolute atomic E-state index is 0.224. The molecule has 1 fully saturated rings. The summed E-state index contributed by atoms with van der Waals surface area (Å²) in [5.74, 6) is -0.0200. The molecule has 3 heterocycles. The van der Waals surface area contributed by atoms with E-state index in [0.29, 0.717) is 36.6 Å². The lowest BCUT2D eigenvalue weighted by atomic mass is 9.97. The van der Waals surface area contributed by atoms with E-state index < -0.39 is 0 Å². The van der Waals surface area contributed by atoms with Crippen LogP contribution in [0.3, 0.4) is 0 Å². The smallest absolute Gasteiger partial charge is 0.309 e. The number of carbonyl (C=O) groups is 2. The summed E-state index contributed by atoms with van der Waals surface area (Å²) in [4.78, 5) is 37.9. The Balaban J connectivity index is 1.31. The number of nitrogens with zero attached hydrogens (tertiary/aromatic N) is 3. The maximum atomic E-state index is 12.5. The van der Waals surface area contributed by atoms with Gasteiger partial charge in [0, 0.05) is 28.7 Å². The van der Waals surface area contributed by atoms with Crippen molar-refractivity contribution in [2.45, 2.75) is 26.7 Å². The molecule has 1 amide bonds. The van der Waals surface area contributed by atoms with Gasteiger partial charge in [-0.05, 0) is 50.5 Å². The molecule has 0 unspecified atom stereocenters. The van der Waals surface area contributed by atoms with Gasteiger partial charge in [-0.25, -0.2) is 9.97 Å². The van der Waals surface area contributed by atoms with Crippen molar-refractivity contribution >= 4 is 56.5 Å². The Morgan fingerprint density at radius 2 is 2.03 bits per heavy atom. The highest BCUT2D eigenvalue weighted by Crippen LogP contribution is 2.35. The summed E-state index contributed by atoms with van der Waals surface area (Å²) in [6.45, 7) is 5.28. The van der Waals surface area contributed by atoms with Crippen LogP contribution in [0.1, 0.15) is 23.3 Å². The molecule has 0 saturated carbocycles. The van der Waals surface area contributed by atoms with Crippen molar-refractivity contribution in [3.63, 3.8) is 0 Å². The van der Waals surface area contributed by atoms with E-state index in [4.69, 9.17) is 16.3 Å². The van der Waals surface area contributed by atoms with Gasteiger partial charge in [0.1, 0.15) is 17.0 Å². The zero-order chi connectivity index (χ0) is 22.0. The Morgan fingerprint density at radius 3 is 2.77 bits per heavy atom. The first kappa shape index (κ1) is 21.5. The van der Waals surface area contributed by atoms with Crippen LogP contribution in [0.2, 0.25) is 5.02 Å². The number of benzene rings is 1. The highest BCUT2D eigenvalue weighted by atomic mass is 35.5. The number of aryl methyl sites for hydroxylation is 2. The molecular formula is C22H23ClN4O3S. The maximum Gasteiger partial charge on any atom is 0.309 e. The van der Waals surface area contributed by atoms with E-state index in [2.05, 4.69) is 34.0 Å². The second kappa shape index (κ2) is 9.20. The largest absolute Gasteiger partial charge is 0.455 e. The van der Waals surface area contributed by atoms with Crippen molar-refractivity contribution < 1.29 is 14.3 Å². The molecule has 4 rings (SSSR count). The molecule has 2 aromatic heterocycles. The van der Waals surface area contributed by atoms with E-state index >= 15 is 0 Å². The summed E-state index contributed by atoms with van der Waals surface area (Å²) in [6.07, 6.45) is 2.91. The van der Waals surface area contributed by atoms with Gasteiger partial charge in [-0.15, -0.1) is 11.3 Å². The summed E-state index contributed by atoms with van der Waals surface area (Å²) >= 11 is 7.58. The van der Waals surface area contributed by atoms with Crippen molar-refractivity contribution in [1.29, 1.82) is 0 Å². The molecular weight excluding hydrogens is 436 g/mol. The van der Waals surface area contributed by atoms with Crippen molar-refractivity contribution in [3.05, 3.63) is 46.1 Å². The topological polar surface area (TPSA) is 84.4 Å². The lowest BCUT2D eigenvalue weighted by molar-refractivity contribution is -0.152. The van der Waals surface area contributed by atoms with Crippen LogP contribution in [-0.2, 0) is 14.3 Å². The highest BCUT2D eigenvalue weighted by molar-refractivity contribution is 7.18. The number of carbonyl (C=O) groups excluding carboxylic acids is 2. The predicted octanol–water partition coefficient (Wildman–Crippen LogP) is 4.36. The zero-order valence-corrected chi connectivity index (χ0v) is 18.9. The summed E-state index contributed by atoms with van der Waals surface area (Å²) in [5.41, 5.74) is 1.78. The lowest BCUT2D eigenvalue weighted by Gasteiger charge is -2.32. The van der Waals surface area contributed by atoms with E-state index in [0.717, 1.165) is 16.0 Å². The molecule has 9 heteroatoms. The summed E-state index contributed by atoms with van der Waals surface area (Å²) in [6, 6.07) is 6.82. The van der Waals surface area contributed by atoms with Gasteiger partial charge >= 0.3 is 5.97 Å². The van der Waals surface area contributed by atoms with Crippen LogP contribution in [-0.4, -0.2) is 41.5 Å². The second-order valence-corrected chi connectivity index (χ2v) is 9.23. The van der Waals surface area contributed by atoms with E-state index in [9.17, 15) is 9.59 Å². The number of ether oxygens (including phenoxy) is 1. The molecule has 1 N–H and O–H groups in total. The third-order valence-corrected chi connectivity index (χ3v) is 6.88. The van der Waals surface area contributed by atoms with Crippen molar-refractivity contribution in [1.82, 2.24) is 9.97 Å². The molecule has 0 bridgehead atoms. The molecule has 1 aromatic carbocycles. The fourth-order valence-electron chi connectivity index (χ4n) is 3.75. The third kappa shape index (κ3) is 4.80. The summed E-state index contributed by atoms with van der Waals surface area (Å²) < 4.78 is 5.25. The van der Waals surface area contributed by atoms with Gasteiger partial charge < -0.3 is 15.0 Å². The van der Waals surface area contributed by atoms with Crippen LogP contribution in [0, 0.1) is 19.8 Å². The van der Waals surface area contributed by atoms with E-state index in [1.165, 1.54) is 10.4 Å². The number of anilines is 2. The number of aromatic nitrogens is 2. The fraction of sp³-hybridized carbons (Fsp3) is 0.364. The number of rotatable bonds is 5. The minimum Gasteiger partial charge on any atom is -0.455 e. The van der Waals surface area contributed by atoms with Crippen LogP contribution < -0.4 is 10.2 Å². The second-order valence-electron chi connectivity index (χ2n) is 7.59. The molecule has 7 nitrogen and oxygen atoms in total. The monoisotopic (exact) mass is 458 g/mol. The number of nitrogens with one attached hydrogen (secondary N) is 1. The van der Waals surface area contributed by atoms with Gasteiger partial charge in [0.25, 0.3) is 5.91 Å². The maximum absolute atomic E-state index is 12.5. The third-order valence-electron chi connectivity index (χ3n) is 5.53. The molecule has 1 aliphatic heterocycles. The standard InChI is InChI=1S/C22H23ClN4O3S/c1-13-14(2)31-21-19(13)20(24-12-25-21)27-8-6-15(7-9-27)22(29)30-11-18(28)26-17-5-3-4-16(23)10-17/h3-5,10,12,15H,6-9,11H2,1-2H3,(H,26,28). The molecule has 162 valence electrons. The summed E-state index contributed by atoms with van der Waals surface area (Å²) in [5, 5.41) is 4.30. The normalized spacial score (nSPS) is 14.6. The Bertz CT molecular complexity index is 1130. The number of thiophene rings is 1. The van der Waals surface area contributed by atoms with Gasteiger partial charge in [0.2, 0.25) is 0 Å². The van der Waals surface area contributed by atoms with Gasteiger partial charge in [0.05, 0.1) is 11.3 Å². The number of halogens is 1. The average Bonchev–Trinajstić information content (AvgIpc) is 3.06. The minimum atomic E-state index is -0.389. The van der Waals surface area contributed by atoms with Crippen LogP contribution in [0.25, 0.3) is 10.2 Å². The van der Waals surface area contributed by atoms with Gasteiger partial charge in [-0.1, -0.05) is 17.7 Å². The number of hydrogen-bond acceptors (Lipinski definition) is 7. The molecule has 0 spiro atoms. The first-order valence-corrected chi connectivity index (χ1v) is 11.3. The lowest BCUT2D eigenvalue weighted by Crippen LogP contribution is -2.38. The van der Waals surface area contributed by atoms with E-state index in [-0.39, 0.29) is 24.4 Å². The Morgan fingerprint density at radius 1 is 1.26 bits per heavy atom. The first-order chi connectivity index (χ1) is 14.9. The fourth-order valence-corrected chi connectivity index (χ4v) is 4.93. The van der Waals surface area contributed by atoms with Crippen molar-refractivity contribution in [2.75, 3.05) is 29.9 Å². The van der Waals surface area contributed by atoms with Crippen LogP contribution in [0.15, 0.2) is 30.6 Å². The molecule has 0 atom stereocenters. The zero-order valence-electron chi connectivity index (χ0n) is 17.4. The van der Waals surface area contributed by atoms with Crippen molar-refractivity contribution in [2.24, 2.45) is 5.92 Å². The SMILES string of the molecule is Cc1sc2ncnc(N3CCC(C(=O)OCC(=O)Nc4cccc(Cl)c4)CC3)c2c1C. The summed E-state index contributed by atoms with van der Waals surface area (Å²) in [7, 11) is 0. The molecule has 0 radical (unpaired) electrons. The quantitative estimate of drug-likeness (QED) is 0.572. The van der Waals surface area contributed by atoms with Gasteiger partial charge in [-0.2, -0.15) is 0 Å². The number of amides is 1. The Hall–Kier alpha value is -2.71. The number of piperidine rings is 1. The molecule has 1 aliphatic rings. The van der Waals surface area contributed by atoms with Crippen LogP contribution in [0.5, 0.6) is 0 Å². The molecule has 31 heavy (non-hydrogen) atoms. The number of esters is 1. The average molecular weight is 459 g/mol. The van der Waals surface area contributed by atoms with Gasteiger partial charge in [0.15, 0.2) is 6.61 Å².